The van der Waals surface area contributed by atoms with Crippen molar-refractivity contribution in [2.45, 2.75) is 26.4 Å². The summed E-state index contributed by atoms with van der Waals surface area (Å²) in [5.41, 5.74) is 0.335. The number of nitrogens with zero attached hydrogens (tertiary/aromatic N) is 2. The number of hydrogen-bond acceptors (Lipinski definition) is 2. The van der Waals surface area contributed by atoms with Gasteiger partial charge in [-0.25, -0.2) is 4.79 Å². The summed E-state index contributed by atoms with van der Waals surface area (Å²) in [5, 5.41) is 0.512. The fraction of sp³-hybridized carbons (Fsp3) is 0.286. The molecule has 0 saturated carbocycles. The van der Waals surface area contributed by atoms with Crippen molar-refractivity contribution in [3.63, 3.8) is 0 Å². The van der Waals surface area contributed by atoms with Gasteiger partial charge in [0, 0.05) is 29.0 Å². The number of benzene rings is 1. The van der Waals surface area contributed by atoms with E-state index in [-0.39, 0.29) is 24.1 Å². The standard InChI is InChI=1S/C14H15ClN2O2/c1-10(2)17-7-6-16(14(17)19)9-13(18)11-4-3-5-12(15)8-11/h3-8,10H,9H2,1-2H3. The number of ketones is 1. The van der Waals surface area contributed by atoms with Crippen LogP contribution in [0.15, 0.2) is 41.5 Å². The Kier molecular flexibility index (Phi) is 3.90. The summed E-state index contributed by atoms with van der Waals surface area (Å²) in [7, 11) is 0. The van der Waals surface area contributed by atoms with Crippen molar-refractivity contribution in [1.82, 2.24) is 9.13 Å². The summed E-state index contributed by atoms with van der Waals surface area (Å²) < 4.78 is 2.99. The van der Waals surface area contributed by atoms with Crippen molar-refractivity contribution < 1.29 is 4.79 Å². The third-order valence-electron chi connectivity index (χ3n) is 2.89. The number of carbonyl (C=O) groups excluding carboxylic acids is 1. The highest BCUT2D eigenvalue weighted by Crippen LogP contribution is 2.11. The van der Waals surface area contributed by atoms with Crippen LogP contribution >= 0.6 is 11.6 Å². The third-order valence-corrected chi connectivity index (χ3v) is 3.13. The molecule has 0 unspecified atom stereocenters. The van der Waals surface area contributed by atoms with Gasteiger partial charge in [0.1, 0.15) is 0 Å². The van der Waals surface area contributed by atoms with Gasteiger partial charge in [0.2, 0.25) is 0 Å². The van der Waals surface area contributed by atoms with Crippen molar-refractivity contribution in [3.8, 4) is 0 Å². The lowest BCUT2D eigenvalue weighted by atomic mass is 10.1. The number of halogens is 1. The Bertz CT molecular complexity index is 655. The zero-order valence-electron chi connectivity index (χ0n) is 10.8. The van der Waals surface area contributed by atoms with Gasteiger partial charge in [-0.3, -0.25) is 13.9 Å². The lowest BCUT2D eigenvalue weighted by molar-refractivity contribution is 0.0970. The predicted molar refractivity (Wildman–Crippen MR) is 74.9 cm³/mol. The summed E-state index contributed by atoms with van der Waals surface area (Å²) in [6, 6.07) is 6.81. The number of imidazole rings is 1. The maximum absolute atomic E-state index is 12.1. The Morgan fingerprint density at radius 1 is 1.32 bits per heavy atom. The fourth-order valence-electron chi connectivity index (χ4n) is 1.85. The van der Waals surface area contributed by atoms with Crippen LogP contribution in [-0.2, 0) is 6.54 Å². The van der Waals surface area contributed by atoms with Crippen LogP contribution in [-0.4, -0.2) is 14.9 Å². The quantitative estimate of drug-likeness (QED) is 0.807. The van der Waals surface area contributed by atoms with Crippen LogP contribution in [0.3, 0.4) is 0 Å². The minimum Gasteiger partial charge on any atom is -0.297 e. The van der Waals surface area contributed by atoms with Crippen LogP contribution < -0.4 is 5.69 Å². The fourth-order valence-corrected chi connectivity index (χ4v) is 2.04. The first-order valence-corrected chi connectivity index (χ1v) is 6.43. The van der Waals surface area contributed by atoms with Gasteiger partial charge in [0.25, 0.3) is 0 Å². The maximum atomic E-state index is 12.1. The first-order chi connectivity index (χ1) is 8.99. The molecule has 0 saturated heterocycles. The Morgan fingerprint density at radius 3 is 2.63 bits per heavy atom. The van der Waals surface area contributed by atoms with E-state index in [0.717, 1.165) is 0 Å². The van der Waals surface area contributed by atoms with E-state index in [2.05, 4.69) is 0 Å². The topological polar surface area (TPSA) is 44.0 Å². The molecule has 0 amide bonds. The molecule has 1 heterocycles. The third kappa shape index (κ3) is 2.96. The molecule has 0 atom stereocenters. The second-order valence-electron chi connectivity index (χ2n) is 4.64. The summed E-state index contributed by atoms with van der Waals surface area (Å²) in [5.74, 6) is -0.133. The van der Waals surface area contributed by atoms with Gasteiger partial charge in [-0.15, -0.1) is 0 Å². The van der Waals surface area contributed by atoms with Crippen LogP contribution in [0.4, 0.5) is 0 Å². The summed E-state index contributed by atoms with van der Waals surface area (Å²) in [4.78, 5) is 24.1. The summed E-state index contributed by atoms with van der Waals surface area (Å²) in [6.45, 7) is 3.87. The van der Waals surface area contributed by atoms with E-state index in [9.17, 15) is 9.59 Å². The lowest BCUT2D eigenvalue weighted by Gasteiger charge is -2.05. The number of carbonyl (C=O) groups is 1. The maximum Gasteiger partial charge on any atom is 0.328 e. The molecule has 0 N–H and O–H groups in total. The van der Waals surface area contributed by atoms with E-state index in [1.54, 1.807) is 41.2 Å². The molecular formula is C14H15ClN2O2. The molecule has 0 fully saturated rings. The second kappa shape index (κ2) is 5.45. The number of aromatic nitrogens is 2. The zero-order chi connectivity index (χ0) is 14.0. The average Bonchev–Trinajstić information content (AvgIpc) is 2.71. The van der Waals surface area contributed by atoms with Gasteiger partial charge in [-0.2, -0.15) is 0 Å². The van der Waals surface area contributed by atoms with Gasteiger partial charge in [0.05, 0.1) is 6.54 Å². The molecule has 19 heavy (non-hydrogen) atoms. The smallest absolute Gasteiger partial charge is 0.297 e. The SMILES string of the molecule is CC(C)n1ccn(CC(=O)c2cccc(Cl)c2)c1=O. The van der Waals surface area contributed by atoms with Gasteiger partial charge < -0.3 is 0 Å². The van der Waals surface area contributed by atoms with E-state index < -0.39 is 0 Å². The highest BCUT2D eigenvalue weighted by molar-refractivity contribution is 6.31. The van der Waals surface area contributed by atoms with E-state index in [4.69, 9.17) is 11.6 Å². The molecule has 4 nitrogen and oxygen atoms in total. The largest absolute Gasteiger partial charge is 0.328 e. The van der Waals surface area contributed by atoms with Gasteiger partial charge in [-0.1, -0.05) is 23.7 Å². The lowest BCUT2D eigenvalue weighted by Crippen LogP contribution is -2.27. The molecule has 0 aliphatic carbocycles. The van der Waals surface area contributed by atoms with Crippen LogP contribution in [0.1, 0.15) is 30.2 Å². The Morgan fingerprint density at radius 2 is 2.05 bits per heavy atom. The molecule has 0 aliphatic heterocycles. The first-order valence-electron chi connectivity index (χ1n) is 6.05. The molecule has 100 valence electrons. The monoisotopic (exact) mass is 278 g/mol. The zero-order valence-corrected chi connectivity index (χ0v) is 11.6. The van der Waals surface area contributed by atoms with Crippen molar-refractivity contribution in [2.75, 3.05) is 0 Å². The van der Waals surface area contributed by atoms with Crippen LogP contribution in [0.2, 0.25) is 5.02 Å². The van der Waals surface area contributed by atoms with Gasteiger partial charge >= 0.3 is 5.69 Å². The molecule has 1 aromatic heterocycles. The van der Waals surface area contributed by atoms with E-state index in [1.807, 2.05) is 13.8 Å². The Balaban J connectivity index is 2.22. The van der Waals surface area contributed by atoms with Crippen LogP contribution in [0.5, 0.6) is 0 Å². The first kappa shape index (κ1) is 13.6. The van der Waals surface area contributed by atoms with Crippen molar-refractivity contribution in [3.05, 3.63) is 57.7 Å². The molecular weight excluding hydrogens is 264 g/mol. The van der Waals surface area contributed by atoms with Crippen molar-refractivity contribution in [2.24, 2.45) is 0 Å². The Labute approximate surface area is 116 Å². The minimum atomic E-state index is -0.176. The molecule has 2 aromatic rings. The molecule has 0 spiro atoms. The van der Waals surface area contributed by atoms with E-state index in [1.165, 1.54) is 4.57 Å². The van der Waals surface area contributed by atoms with Crippen molar-refractivity contribution >= 4 is 17.4 Å². The summed E-state index contributed by atoms with van der Waals surface area (Å²) >= 11 is 5.84. The molecule has 0 bridgehead atoms. The van der Waals surface area contributed by atoms with Gasteiger partial charge in [-0.05, 0) is 26.0 Å². The van der Waals surface area contributed by atoms with Crippen LogP contribution in [0.25, 0.3) is 0 Å². The van der Waals surface area contributed by atoms with E-state index >= 15 is 0 Å². The summed E-state index contributed by atoms with van der Waals surface area (Å²) in [6.07, 6.45) is 3.32. The molecule has 1 aromatic carbocycles. The molecule has 0 aliphatic rings. The highest BCUT2D eigenvalue weighted by atomic mass is 35.5. The molecule has 2 rings (SSSR count). The molecule has 5 heteroatoms. The van der Waals surface area contributed by atoms with Crippen molar-refractivity contribution in [1.29, 1.82) is 0 Å². The molecule has 0 radical (unpaired) electrons. The highest BCUT2D eigenvalue weighted by Gasteiger charge is 2.11. The predicted octanol–water partition coefficient (Wildman–Crippen LogP) is 2.77. The Hall–Kier alpha value is -1.81. The second-order valence-corrected chi connectivity index (χ2v) is 5.08. The minimum absolute atomic E-state index is 0.0267. The number of Topliss-reactive ketones (excluding diaryl/α,β-unsaturated/α-hetero) is 1. The van der Waals surface area contributed by atoms with E-state index in [0.29, 0.717) is 10.6 Å². The van der Waals surface area contributed by atoms with Crippen LogP contribution in [0, 0.1) is 0 Å². The number of rotatable bonds is 4. The normalized spacial score (nSPS) is 10.9. The number of hydrogen-bond donors (Lipinski definition) is 0. The average molecular weight is 279 g/mol. The van der Waals surface area contributed by atoms with Gasteiger partial charge in [0.15, 0.2) is 5.78 Å².